The second kappa shape index (κ2) is 13.3. The van der Waals surface area contributed by atoms with Gasteiger partial charge in [0, 0.05) is 6.42 Å². The van der Waals surface area contributed by atoms with Crippen LogP contribution in [0.4, 0.5) is 0 Å². The molecule has 0 aliphatic carbocycles. The van der Waals surface area contributed by atoms with Gasteiger partial charge < -0.3 is 19.3 Å². The number of rotatable bonds is 14. The lowest BCUT2D eigenvalue weighted by Gasteiger charge is -2.24. The van der Waals surface area contributed by atoms with E-state index >= 15 is 0 Å². The van der Waals surface area contributed by atoms with Crippen molar-refractivity contribution in [2.75, 3.05) is 7.11 Å². The lowest BCUT2D eigenvalue weighted by Crippen LogP contribution is -2.32. The van der Waals surface area contributed by atoms with E-state index in [1.165, 1.54) is 0 Å². The maximum absolute atomic E-state index is 12.4. The summed E-state index contributed by atoms with van der Waals surface area (Å²) in [6, 6.07) is 13.3. The first kappa shape index (κ1) is 25.1. The van der Waals surface area contributed by atoms with Gasteiger partial charge in [-0.25, -0.2) is 4.79 Å². The zero-order chi connectivity index (χ0) is 23.3. The van der Waals surface area contributed by atoms with Crippen molar-refractivity contribution in [2.45, 2.75) is 57.7 Å². The largest absolute Gasteiger partial charge is 0.497 e. The fourth-order valence-corrected chi connectivity index (χ4v) is 3.20. The highest BCUT2D eigenvalue weighted by Gasteiger charge is 2.22. The Labute approximate surface area is 189 Å². The highest BCUT2D eigenvalue weighted by molar-refractivity contribution is 5.91. The van der Waals surface area contributed by atoms with E-state index in [4.69, 9.17) is 14.2 Å². The van der Waals surface area contributed by atoms with Gasteiger partial charge in [0.1, 0.15) is 29.6 Å². The molecule has 6 nitrogen and oxygen atoms in total. The summed E-state index contributed by atoms with van der Waals surface area (Å²) in [4.78, 5) is 23.3. The van der Waals surface area contributed by atoms with Gasteiger partial charge in [0.2, 0.25) is 0 Å². The minimum absolute atomic E-state index is 0.161. The van der Waals surface area contributed by atoms with Crippen LogP contribution < -0.4 is 14.2 Å². The van der Waals surface area contributed by atoms with Crippen LogP contribution >= 0.6 is 0 Å². The summed E-state index contributed by atoms with van der Waals surface area (Å²) in [6.45, 7) is 5.78. The number of benzene rings is 2. The van der Waals surface area contributed by atoms with Gasteiger partial charge in [-0.1, -0.05) is 32.8 Å². The number of unbranched alkanes of at least 4 members (excludes halogenated alkanes) is 3. The van der Waals surface area contributed by atoms with Crippen molar-refractivity contribution < 1.29 is 28.9 Å². The first-order chi connectivity index (χ1) is 15.5. The summed E-state index contributed by atoms with van der Waals surface area (Å²) in [7, 11) is 1.57. The molecule has 0 spiro atoms. The zero-order valence-corrected chi connectivity index (χ0v) is 18.8. The Morgan fingerprint density at radius 3 is 2.22 bits per heavy atom. The Kier molecular flexibility index (Phi) is 10.5. The summed E-state index contributed by atoms with van der Waals surface area (Å²) >= 11 is 0. The van der Waals surface area contributed by atoms with Gasteiger partial charge in [0.05, 0.1) is 18.8 Å². The zero-order valence-electron chi connectivity index (χ0n) is 18.8. The second-order valence-corrected chi connectivity index (χ2v) is 7.64. The summed E-state index contributed by atoms with van der Waals surface area (Å²) in [5, 5.41) is 10.5. The van der Waals surface area contributed by atoms with Crippen LogP contribution in [-0.2, 0) is 4.79 Å². The molecule has 0 aliphatic rings. The lowest BCUT2D eigenvalue weighted by molar-refractivity contribution is -0.105. The predicted molar refractivity (Wildman–Crippen MR) is 123 cm³/mol. The van der Waals surface area contributed by atoms with Gasteiger partial charge in [-0.15, -0.1) is 0 Å². The molecule has 0 heterocycles. The van der Waals surface area contributed by atoms with Crippen LogP contribution in [0.1, 0.15) is 55.8 Å². The summed E-state index contributed by atoms with van der Waals surface area (Å²) in [5.74, 6) is 1.14. The molecule has 0 aromatic heterocycles. The normalized spacial score (nSPS) is 12.5. The van der Waals surface area contributed by atoms with E-state index in [1.807, 2.05) is 0 Å². The van der Waals surface area contributed by atoms with E-state index in [-0.39, 0.29) is 6.42 Å². The molecule has 0 saturated heterocycles. The second-order valence-electron chi connectivity index (χ2n) is 7.64. The molecule has 2 aromatic rings. The average molecular weight is 441 g/mol. The molecule has 0 saturated carbocycles. The van der Waals surface area contributed by atoms with Crippen LogP contribution in [0.2, 0.25) is 0 Å². The fraction of sp³-hybridized carbons (Fsp3) is 0.385. The fourth-order valence-electron chi connectivity index (χ4n) is 3.20. The molecule has 2 atom stereocenters. The number of aldehydes is 1. The van der Waals surface area contributed by atoms with E-state index in [1.54, 1.807) is 55.6 Å². The Bertz CT molecular complexity index is 857. The molecule has 0 fully saturated rings. The van der Waals surface area contributed by atoms with Crippen molar-refractivity contribution in [2.24, 2.45) is 0 Å². The molecule has 2 unspecified atom stereocenters. The molecule has 32 heavy (non-hydrogen) atoms. The molecule has 1 N–H and O–H groups in total. The number of carbonyl (C=O) groups is 2. The number of aliphatic hydroxyl groups is 1. The van der Waals surface area contributed by atoms with E-state index in [0.717, 1.165) is 25.7 Å². The van der Waals surface area contributed by atoms with Gasteiger partial charge in [-0.05, 0) is 66.9 Å². The van der Waals surface area contributed by atoms with Crippen molar-refractivity contribution in [3.63, 3.8) is 0 Å². The number of carbonyl (C=O) groups excluding carboxylic acids is 2. The van der Waals surface area contributed by atoms with Crippen molar-refractivity contribution in [1.82, 2.24) is 0 Å². The van der Waals surface area contributed by atoms with Crippen LogP contribution in [0.15, 0.2) is 60.7 Å². The van der Waals surface area contributed by atoms with E-state index in [0.29, 0.717) is 41.1 Å². The number of esters is 1. The molecule has 2 rings (SSSR count). The molecule has 0 radical (unpaired) electrons. The number of aliphatic hydroxyl groups excluding tert-OH is 1. The van der Waals surface area contributed by atoms with Gasteiger partial charge in [-0.3, -0.25) is 4.79 Å². The smallest absolute Gasteiger partial charge is 0.343 e. The van der Waals surface area contributed by atoms with Crippen molar-refractivity contribution in [3.8, 4) is 17.2 Å². The average Bonchev–Trinajstić information content (AvgIpc) is 2.81. The predicted octanol–water partition coefficient (Wildman–Crippen LogP) is 5.14. The summed E-state index contributed by atoms with van der Waals surface area (Å²) in [5.41, 5.74) is 0.707. The molecule has 0 amide bonds. The first-order valence-corrected chi connectivity index (χ1v) is 10.9. The molecule has 0 bridgehead atoms. The van der Waals surface area contributed by atoms with Gasteiger partial charge in [0.25, 0.3) is 0 Å². The number of ether oxygens (including phenoxy) is 3. The molecule has 2 aromatic carbocycles. The molecule has 6 heteroatoms. The lowest BCUT2D eigenvalue weighted by atomic mass is 10.00. The minimum Gasteiger partial charge on any atom is -0.497 e. The van der Waals surface area contributed by atoms with Crippen LogP contribution in [0.25, 0.3) is 0 Å². The van der Waals surface area contributed by atoms with Crippen molar-refractivity contribution in [3.05, 3.63) is 66.2 Å². The maximum atomic E-state index is 12.4. The maximum Gasteiger partial charge on any atom is 0.343 e. The topological polar surface area (TPSA) is 82.1 Å². The highest BCUT2D eigenvalue weighted by atomic mass is 16.5. The summed E-state index contributed by atoms with van der Waals surface area (Å²) in [6.07, 6.45) is 4.36. The molecule has 172 valence electrons. The Hall–Kier alpha value is -3.12. The van der Waals surface area contributed by atoms with Crippen LogP contribution in [0.5, 0.6) is 17.2 Å². The number of methoxy groups -OCH3 is 1. The van der Waals surface area contributed by atoms with Gasteiger partial charge in [0.15, 0.2) is 0 Å². The van der Waals surface area contributed by atoms with Crippen LogP contribution in [0, 0.1) is 0 Å². The van der Waals surface area contributed by atoms with E-state index in [9.17, 15) is 14.7 Å². The first-order valence-electron chi connectivity index (χ1n) is 10.9. The van der Waals surface area contributed by atoms with Gasteiger partial charge in [-0.2, -0.15) is 0 Å². The Balaban J connectivity index is 2.00. The third kappa shape index (κ3) is 8.19. The van der Waals surface area contributed by atoms with Crippen LogP contribution in [0.3, 0.4) is 0 Å². The van der Waals surface area contributed by atoms with Gasteiger partial charge >= 0.3 is 5.97 Å². The van der Waals surface area contributed by atoms with Crippen molar-refractivity contribution >= 4 is 12.3 Å². The third-order valence-corrected chi connectivity index (χ3v) is 5.06. The molecular weight excluding hydrogens is 408 g/mol. The SMILES string of the molecule is C=C(C=O)CC(O)C(CCCCCC)Oc1ccc(C(=O)Oc2ccc(OC)cc2)cc1. The number of hydrogen-bond acceptors (Lipinski definition) is 6. The molecular formula is C26H32O6. The quantitative estimate of drug-likeness (QED) is 0.144. The monoisotopic (exact) mass is 440 g/mol. The third-order valence-electron chi connectivity index (χ3n) is 5.06. The standard InChI is InChI=1S/C26H32O6/c1-4-5-6-7-8-25(24(28)17-19(2)18-27)31-22-11-9-20(10-12-22)26(29)32-23-15-13-21(30-3)14-16-23/h9-16,18,24-25,28H,2,4-8,17H2,1,3H3. The summed E-state index contributed by atoms with van der Waals surface area (Å²) < 4.78 is 16.5. The van der Waals surface area contributed by atoms with E-state index < -0.39 is 18.2 Å². The number of hydrogen-bond donors (Lipinski definition) is 1. The highest BCUT2D eigenvalue weighted by Crippen LogP contribution is 2.22. The van der Waals surface area contributed by atoms with Crippen molar-refractivity contribution in [1.29, 1.82) is 0 Å². The minimum atomic E-state index is -0.839. The van der Waals surface area contributed by atoms with E-state index in [2.05, 4.69) is 13.5 Å². The Morgan fingerprint density at radius 2 is 1.62 bits per heavy atom. The Morgan fingerprint density at radius 1 is 1.00 bits per heavy atom. The van der Waals surface area contributed by atoms with Crippen LogP contribution in [-0.4, -0.2) is 36.7 Å². The molecule has 0 aliphatic heterocycles.